The number of hydrogen-bond acceptors (Lipinski definition) is 3. The molecule has 14 heavy (non-hydrogen) atoms. The number of halogens is 1. The van der Waals surface area contributed by atoms with E-state index in [1.165, 1.54) is 6.26 Å². The molecule has 1 rings (SSSR count). The summed E-state index contributed by atoms with van der Waals surface area (Å²) in [6.07, 6.45) is 1.17. The van der Waals surface area contributed by atoms with E-state index in [0.717, 1.165) is 5.56 Å². The second kappa shape index (κ2) is 3.79. The number of anilines is 1. The Hall–Kier alpha value is -0.740. The van der Waals surface area contributed by atoms with Gasteiger partial charge in [0.1, 0.15) is 0 Å². The van der Waals surface area contributed by atoms with E-state index in [4.69, 9.17) is 11.6 Å². The monoisotopic (exact) mass is 233 g/mol. The highest BCUT2D eigenvalue weighted by molar-refractivity contribution is 7.90. The first-order valence-electron chi connectivity index (χ1n) is 4.04. The minimum atomic E-state index is -3.24. The Morgan fingerprint density at radius 2 is 1.93 bits per heavy atom. The molecule has 0 heterocycles. The predicted molar refractivity (Wildman–Crippen MR) is 58.8 cm³/mol. The maximum absolute atomic E-state index is 11.4. The third-order valence-corrected chi connectivity index (χ3v) is 3.27. The number of rotatable bonds is 2. The second-order valence-corrected chi connectivity index (χ2v) is 5.53. The fourth-order valence-corrected chi connectivity index (χ4v) is 2.65. The van der Waals surface area contributed by atoms with Crippen molar-refractivity contribution in [2.75, 3.05) is 18.6 Å². The van der Waals surface area contributed by atoms with Gasteiger partial charge in [0.15, 0.2) is 9.84 Å². The van der Waals surface area contributed by atoms with Crippen LogP contribution in [0.4, 0.5) is 5.69 Å². The van der Waals surface area contributed by atoms with Crippen molar-refractivity contribution in [3.8, 4) is 0 Å². The van der Waals surface area contributed by atoms with Crippen molar-refractivity contribution in [1.82, 2.24) is 0 Å². The molecule has 1 N–H and O–H groups in total. The van der Waals surface area contributed by atoms with Gasteiger partial charge < -0.3 is 5.32 Å². The van der Waals surface area contributed by atoms with Crippen LogP contribution < -0.4 is 5.32 Å². The summed E-state index contributed by atoms with van der Waals surface area (Å²) in [6.45, 7) is 1.81. The Bertz CT molecular complexity index is 454. The SMILES string of the molecule is CNc1c(Cl)cc(C)cc1S(C)(=O)=O. The summed E-state index contributed by atoms with van der Waals surface area (Å²) >= 11 is 5.91. The van der Waals surface area contributed by atoms with Crippen molar-refractivity contribution >= 4 is 27.1 Å². The highest BCUT2D eigenvalue weighted by Gasteiger charge is 2.15. The molecule has 5 heteroatoms. The summed E-state index contributed by atoms with van der Waals surface area (Å²) in [6, 6.07) is 3.33. The lowest BCUT2D eigenvalue weighted by Crippen LogP contribution is -2.03. The average molecular weight is 234 g/mol. The smallest absolute Gasteiger partial charge is 0.177 e. The Morgan fingerprint density at radius 3 is 2.36 bits per heavy atom. The maximum Gasteiger partial charge on any atom is 0.177 e. The van der Waals surface area contributed by atoms with Crippen molar-refractivity contribution < 1.29 is 8.42 Å². The third kappa shape index (κ3) is 2.19. The Labute approximate surface area is 89.0 Å². The average Bonchev–Trinajstić information content (AvgIpc) is 2.01. The molecule has 0 amide bonds. The summed E-state index contributed by atoms with van der Waals surface area (Å²) in [5.41, 5.74) is 1.29. The molecule has 0 saturated carbocycles. The summed E-state index contributed by atoms with van der Waals surface area (Å²) < 4.78 is 22.8. The molecule has 78 valence electrons. The quantitative estimate of drug-likeness (QED) is 0.851. The van der Waals surface area contributed by atoms with Gasteiger partial charge in [-0.3, -0.25) is 0 Å². The third-order valence-electron chi connectivity index (χ3n) is 1.85. The van der Waals surface area contributed by atoms with Crippen molar-refractivity contribution in [3.63, 3.8) is 0 Å². The molecule has 1 aromatic carbocycles. The van der Waals surface area contributed by atoms with Crippen LogP contribution in [0.5, 0.6) is 0 Å². The van der Waals surface area contributed by atoms with E-state index < -0.39 is 9.84 Å². The molecule has 0 unspecified atom stereocenters. The van der Waals surface area contributed by atoms with E-state index in [2.05, 4.69) is 5.32 Å². The number of nitrogens with one attached hydrogen (secondary N) is 1. The van der Waals surface area contributed by atoms with Gasteiger partial charge in [-0.05, 0) is 24.6 Å². The lowest BCUT2D eigenvalue weighted by atomic mass is 10.2. The van der Waals surface area contributed by atoms with Crippen molar-refractivity contribution in [2.24, 2.45) is 0 Å². The summed E-state index contributed by atoms with van der Waals surface area (Å²) in [4.78, 5) is 0.241. The maximum atomic E-state index is 11.4. The lowest BCUT2D eigenvalue weighted by Gasteiger charge is -2.10. The van der Waals surface area contributed by atoms with Gasteiger partial charge in [0.05, 0.1) is 15.6 Å². The van der Waals surface area contributed by atoms with Gasteiger partial charge in [0.25, 0.3) is 0 Å². The normalized spacial score (nSPS) is 11.4. The van der Waals surface area contributed by atoms with Crippen LogP contribution in [0.3, 0.4) is 0 Å². The zero-order valence-electron chi connectivity index (χ0n) is 8.26. The number of sulfone groups is 1. The number of benzene rings is 1. The van der Waals surface area contributed by atoms with E-state index in [-0.39, 0.29) is 4.90 Å². The van der Waals surface area contributed by atoms with Crippen LogP contribution in [-0.4, -0.2) is 21.7 Å². The standard InChI is InChI=1S/C9H12ClNO2S/c1-6-4-7(10)9(11-2)8(5-6)14(3,12)13/h4-5,11H,1-3H3. The largest absolute Gasteiger partial charge is 0.386 e. The van der Waals surface area contributed by atoms with Crippen LogP contribution in [-0.2, 0) is 9.84 Å². The first kappa shape index (κ1) is 11.3. The zero-order chi connectivity index (χ0) is 10.9. The van der Waals surface area contributed by atoms with E-state index in [0.29, 0.717) is 10.7 Å². The number of aryl methyl sites for hydroxylation is 1. The fraction of sp³-hybridized carbons (Fsp3) is 0.333. The number of hydrogen-bond donors (Lipinski definition) is 1. The van der Waals surface area contributed by atoms with Gasteiger partial charge in [-0.2, -0.15) is 0 Å². The molecule has 0 atom stereocenters. The van der Waals surface area contributed by atoms with Crippen molar-refractivity contribution in [2.45, 2.75) is 11.8 Å². The Morgan fingerprint density at radius 1 is 1.36 bits per heavy atom. The van der Waals surface area contributed by atoms with Gasteiger partial charge in [0, 0.05) is 13.3 Å². The summed E-state index contributed by atoms with van der Waals surface area (Å²) in [7, 11) is -1.59. The van der Waals surface area contributed by atoms with Crippen LogP contribution in [0, 0.1) is 6.92 Å². The Kier molecular flexibility index (Phi) is 3.07. The molecule has 0 radical (unpaired) electrons. The van der Waals surface area contributed by atoms with Gasteiger partial charge in [-0.1, -0.05) is 11.6 Å². The van der Waals surface area contributed by atoms with Gasteiger partial charge in [0.2, 0.25) is 0 Å². The molecule has 0 bridgehead atoms. The van der Waals surface area contributed by atoms with Gasteiger partial charge in [-0.15, -0.1) is 0 Å². The predicted octanol–water partition coefficient (Wildman–Crippen LogP) is 2.09. The summed E-state index contributed by atoms with van der Waals surface area (Å²) in [5.74, 6) is 0. The molecule has 1 aromatic rings. The minimum absolute atomic E-state index is 0.241. The minimum Gasteiger partial charge on any atom is -0.386 e. The van der Waals surface area contributed by atoms with E-state index in [1.807, 2.05) is 0 Å². The summed E-state index contributed by atoms with van der Waals surface area (Å²) in [5, 5.41) is 3.21. The molecule has 0 saturated heterocycles. The fourth-order valence-electron chi connectivity index (χ4n) is 1.25. The van der Waals surface area contributed by atoms with Crippen LogP contribution >= 0.6 is 11.6 Å². The van der Waals surface area contributed by atoms with Gasteiger partial charge >= 0.3 is 0 Å². The lowest BCUT2D eigenvalue weighted by molar-refractivity contribution is 0.602. The van der Waals surface area contributed by atoms with Crippen molar-refractivity contribution in [1.29, 1.82) is 0 Å². The van der Waals surface area contributed by atoms with E-state index in [9.17, 15) is 8.42 Å². The molecule has 3 nitrogen and oxygen atoms in total. The first-order valence-corrected chi connectivity index (χ1v) is 6.31. The van der Waals surface area contributed by atoms with Gasteiger partial charge in [-0.25, -0.2) is 8.42 Å². The van der Waals surface area contributed by atoms with Crippen molar-refractivity contribution in [3.05, 3.63) is 22.7 Å². The Balaban J connectivity index is 3.56. The molecule has 0 aliphatic carbocycles. The molecular weight excluding hydrogens is 222 g/mol. The molecule has 0 aliphatic heterocycles. The van der Waals surface area contributed by atoms with Crippen LogP contribution in [0.1, 0.15) is 5.56 Å². The second-order valence-electron chi connectivity index (χ2n) is 3.14. The zero-order valence-corrected chi connectivity index (χ0v) is 9.83. The highest BCUT2D eigenvalue weighted by Crippen LogP contribution is 2.30. The van der Waals surface area contributed by atoms with Crippen LogP contribution in [0.25, 0.3) is 0 Å². The molecule has 0 aliphatic rings. The van der Waals surface area contributed by atoms with Crippen LogP contribution in [0.2, 0.25) is 5.02 Å². The highest BCUT2D eigenvalue weighted by atomic mass is 35.5. The first-order chi connectivity index (χ1) is 6.36. The molecule has 0 spiro atoms. The molecular formula is C9H12ClNO2S. The topological polar surface area (TPSA) is 46.2 Å². The van der Waals surface area contributed by atoms with E-state index >= 15 is 0 Å². The van der Waals surface area contributed by atoms with E-state index in [1.54, 1.807) is 26.1 Å². The van der Waals surface area contributed by atoms with Crippen LogP contribution in [0.15, 0.2) is 17.0 Å². The molecule has 0 fully saturated rings. The molecule has 0 aromatic heterocycles.